The van der Waals surface area contributed by atoms with Gasteiger partial charge in [-0.25, -0.2) is 4.79 Å². The van der Waals surface area contributed by atoms with Crippen LogP contribution in [-0.2, 0) is 14.4 Å². The lowest BCUT2D eigenvalue weighted by atomic mass is 9.84. The second-order valence-corrected chi connectivity index (χ2v) is 10.1. The summed E-state index contributed by atoms with van der Waals surface area (Å²) in [6.07, 6.45) is 0. The van der Waals surface area contributed by atoms with Gasteiger partial charge in [-0.05, 0) is 12.1 Å². The Morgan fingerprint density at radius 1 is 0.893 bits per heavy atom. The van der Waals surface area contributed by atoms with Gasteiger partial charge in [-0.2, -0.15) is 0 Å². The Morgan fingerprint density at radius 2 is 1.36 bits per heavy atom. The van der Waals surface area contributed by atoms with Crippen molar-refractivity contribution in [1.82, 2.24) is 5.06 Å². The summed E-state index contributed by atoms with van der Waals surface area (Å²) in [6, 6.07) is 5.94. The molecule has 4 unspecified atom stereocenters. The number of benzene rings is 1. The van der Waals surface area contributed by atoms with E-state index in [-0.39, 0.29) is 25.7 Å². The van der Waals surface area contributed by atoms with Gasteiger partial charge >= 0.3 is 5.97 Å². The van der Waals surface area contributed by atoms with Crippen molar-refractivity contribution in [2.75, 3.05) is 0 Å². The number of imide groups is 1. The van der Waals surface area contributed by atoms with E-state index in [1.807, 2.05) is 0 Å². The molecule has 1 heterocycles. The maximum atomic E-state index is 12.9. The SMILES string of the molecule is O=C(ON1C(=O)C2C(C1=O)C1(Cl)C(Cl)=C(Cl)C2(Cl)C1(Cl)Cl)c1ccccc1Cl. The predicted molar refractivity (Wildman–Crippen MR) is 106 cm³/mol. The van der Waals surface area contributed by atoms with Crippen LogP contribution in [0.2, 0.25) is 5.02 Å². The number of alkyl halides is 4. The molecule has 0 N–H and O–H groups in total. The molecule has 2 fully saturated rings. The summed E-state index contributed by atoms with van der Waals surface area (Å²) < 4.78 is -2.06. The smallest absolute Gasteiger partial charge is 0.325 e. The minimum atomic E-state index is -2.06. The van der Waals surface area contributed by atoms with Gasteiger partial charge in [0.2, 0.25) is 0 Å². The number of hydroxylamine groups is 2. The van der Waals surface area contributed by atoms with Crippen molar-refractivity contribution in [3.8, 4) is 0 Å². The fraction of sp³-hybridized carbons (Fsp3) is 0.312. The fourth-order valence-electron chi connectivity index (χ4n) is 3.82. The monoisotopic (exact) mass is 521 g/mol. The molecule has 3 aliphatic rings. The van der Waals surface area contributed by atoms with Crippen LogP contribution in [0.3, 0.4) is 0 Å². The Morgan fingerprint density at radius 3 is 1.82 bits per heavy atom. The van der Waals surface area contributed by atoms with E-state index in [9.17, 15) is 14.4 Å². The Kier molecular flexibility index (Phi) is 4.69. The number of carbonyl (C=O) groups is 3. The van der Waals surface area contributed by atoms with Crippen LogP contribution >= 0.6 is 81.2 Å². The van der Waals surface area contributed by atoms with Gasteiger partial charge in [-0.1, -0.05) is 70.1 Å². The van der Waals surface area contributed by atoms with E-state index in [4.69, 9.17) is 86.0 Å². The molecule has 1 saturated heterocycles. The summed E-state index contributed by atoms with van der Waals surface area (Å²) in [4.78, 5) is 39.3. The Balaban J connectivity index is 1.74. The van der Waals surface area contributed by atoms with Crippen LogP contribution in [0, 0.1) is 11.8 Å². The van der Waals surface area contributed by atoms with E-state index in [1.165, 1.54) is 18.2 Å². The molecule has 28 heavy (non-hydrogen) atoms. The van der Waals surface area contributed by atoms with E-state index < -0.39 is 43.7 Å². The Bertz CT molecular complexity index is 949. The van der Waals surface area contributed by atoms with E-state index in [2.05, 4.69) is 0 Å². The van der Waals surface area contributed by atoms with Crippen LogP contribution < -0.4 is 0 Å². The van der Waals surface area contributed by atoms with Crippen LogP contribution in [0.15, 0.2) is 34.3 Å². The van der Waals surface area contributed by atoms with Crippen LogP contribution in [-0.4, -0.2) is 36.9 Å². The third-order valence-electron chi connectivity index (χ3n) is 5.14. The summed E-state index contributed by atoms with van der Waals surface area (Å²) in [5.41, 5.74) is -0.0517. The van der Waals surface area contributed by atoms with Gasteiger partial charge in [-0.3, -0.25) is 9.59 Å². The molecule has 5 nitrogen and oxygen atoms in total. The Labute approximate surface area is 193 Å². The van der Waals surface area contributed by atoms with Gasteiger partial charge in [0.1, 0.15) is 9.75 Å². The molecule has 1 saturated carbocycles. The van der Waals surface area contributed by atoms with Gasteiger partial charge in [0, 0.05) is 0 Å². The summed E-state index contributed by atoms with van der Waals surface area (Å²) in [5, 5.41) is -0.129. The molecule has 1 aromatic rings. The highest BCUT2D eigenvalue weighted by Gasteiger charge is 2.88. The number of amides is 2. The number of halogens is 7. The fourth-order valence-corrected chi connectivity index (χ4v) is 6.96. The summed E-state index contributed by atoms with van der Waals surface area (Å²) in [7, 11) is 0. The maximum Gasteiger partial charge on any atom is 0.365 e. The van der Waals surface area contributed by atoms with Gasteiger partial charge in [0.05, 0.1) is 32.5 Å². The number of fused-ring (bicyclic) bond motifs is 5. The zero-order valence-electron chi connectivity index (χ0n) is 13.2. The molecule has 4 atom stereocenters. The van der Waals surface area contributed by atoms with Crippen molar-refractivity contribution in [1.29, 1.82) is 0 Å². The molecule has 0 spiro atoms. The largest absolute Gasteiger partial charge is 0.365 e. The molecule has 0 aromatic heterocycles. The highest BCUT2D eigenvalue weighted by molar-refractivity contribution is 6.66. The van der Waals surface area contributed by atoms with Gasteiger partial charge in [0.15, 0.2) is 4.33 Å². The van der Waals surface area contributed by atoms with E-state index >= 15 is 0 Å². The average Bonchev–Trinajstić information content (AvgIpc) is 3.01. The van der Waals surface area contributed by atoms with Crippen molar-refractivity contribution in [3.63, 3.8) is 0 Å². The van der Waals surface area contributed by atoms with Gasteiger partial charge in [0.25, 0.3) is 11.8 Å². The lowest BCUT2D eigenvalue weighted by Gasteiger charge is -2.34. The van der Waals surface area contributed by atoms with Gasteiger partial charge in [-0.15, -0.1) is 28.3 Å². The topological polar surface area (TPSA) is 63.7 Å². The molecule has 4 rings (SSSR count). The number of rotatable bonds is 2. The molecule has 2 bridgehead atoms. The normalized spacial score (nSPS) is 35.6. The lowest BCUT2D eigenvalue weighted by Crippen LogP contribution is -2.50. The van der Waals surface area contributed by atoms with Gasteiger partial charge < -0.3 is 4.84 Å². The molecule has 2 amide bonds. The van der Waals surface area contributed by atoms with E-state index in [0.29, 0.717) is 0 Å². The van der Waals surface area contributed by atoms with Crippen molar-refractivity contribution < 1.29 is 19.2 Å². The van der Waals surface area contributed by atoms with E-state index in [1.54, 1.807) is 6.07 Å². The quantitative estimate of drug-likeness (QED) is 0.410. The number of nitrogens with zero attached hydrogens (tertiary/aromatic N) is 1. The number of hydrogen-bond acceptors (Lipinski definition) is 4. The molecule has 148 valence electrons. The van der Waals surface area contributed by atoms with Crippen molar-refractivity contribution in [2.24, 2.45) is 11.8 Å². The minimum absolute atomic E-state index is 0.0517. The van der Waals surface area contributed by atoms with Crippen molar-refractivity contribution in [3.05, 3.63) is 44.9 Å². The molecular formula is C16H6Cl7NO4. The molecule has 12 heteroatoms. The lowest BCUT2D eigenvalue weighted by molar-refractivity contribution is -0.175. The molecule has 1 aliphatic heterocycles. The van der Waals surface area contributed by atoms with Crippen LogP contribution in [0.5, 0.6) is 0 Å². The summed E-state index contributed by atoms with van der Waals surface area (Å²) >= 11 is 44.1. The third kappa shape index (κ3) is 2.16. The maximum absolute atomic E-state index is 12.9. The number of allylic oxidation sites excluding steroid dienone is 2. The number of hydrogen-bond donors (Lipinski definition) is 0. The molecule has 0 radical (unpaired) electrons. The Hall–Kier alpha value is -0.400. The molecule has 1 aromatic carbocycles. The predicted octanol–water partition coefficient (Wildman–Crippen LogP) is 4.86. The summed E-state index contributed by atoms with van der Waals surface area (Å²) in [6.45, 7) is 0. The zero-order valence-corrected chi connectivity index (χ0v) is 18.5. The first-order chi connectivity index (χ1) is 12.9. The van der Waals surface area contributed by atoms with Crippen molar-refractivity contribution >= 4 is 99.0 Å². The van der Waals surface area contributed by atoms with Crippen LogP contribution in [0.25, 0.3) is 0 Å². The third-order valence-corrected chi connectivity index (χ3v) is 9.72. The summed E-state index contributed by atoms with van der Waals surface area (Å²) in [5.74, 6) is -5.74. The standard InChI is InChI=1S/C16H6Cl7NO4/c17-6-4-2-1-3-5(6)13(27)28-24-11(25)7-8(12(24)26)15(21)10(19)9(18)14(7,20)16(15,22)23/h1-4,7-8H. The van der Waals surface area contributed by atoms with Crippen LogP contribution in [0.1, 0.15) is 10.4 Å². The van der Waals surface area contributed by atoms with Crippen LogP contribution in [0.4, 0.5) is 0 Å². The zero-order chi connectivity index (χ0) is 20.8. The highest BCUT2D eigenvalue weighted by Crippen LogP contribution is 2.77. The minimum Gasteiger partial charge on any atom is -0.325 e. The van der Waals surface area contributed by atoms with E-state index in [0.717, 1.165) is 0 Å². The number of carbonyl (C=O) groups excluding carboxylic acids is 3. The molecular weight excluding hydrogens is 518 g/mol. The van der Waals surface area contributed by atoms with Crippen molar-refractivity contribution in [2.45, 2.75) is 14.1 Å². The second-order valence-electron chi connectivity index (χ2n) is 6.41. The molecule has 2 aliphatic carbocycles. The average molecular weight is 524 g/mol. The first-order valence-corrected chi connectivity index (χ1v) is 10.2. The second kappa shape index (κ2) is 6.30. The first-order valence-electron chi connectivity index (χ1n) is 7.58. The first kappa shape index (κ1) is 20.9. The highest BCUT2D eigenvalue weighted by atomic mass is 35.5.